The zero-order chi connectivity index (χ0) is 26.3. The van der Waals surface area contributed by atoms with Gasteiger partial charge in [-0.15, -0.1) is 0 Å². The van der Waals surface area contributed by atoms with Gasteiger partial charge in [0, 0.05) is 37.0 Å². The average molecular weight is 504 g/mol. The second kappa shape index (κ2) is 9.56. The van der Waals surface area contributed by atoms with Gasteiger partial charge in [-0.2, -0.15) is 10.4 Å². The fourth-order valence-electron chi connectivity index (χ4n) is 4.98. The Morgan fingerprint density at radius 3 is 2.68 bits per heavy atom. The summed E-state index contributed by atoms with van der Waals surface area (Å²) in [5.74, 6) is 1.82. The molecule has 3 fully saturated rings. The number of nitrogens with one attached hydrogen (secondary N) is 1. The highest BCUT2D eigenvalue weighted by Crippen LogP contribution is 2.35. The maximum absolute atomic E-state index is 12.6. The number of nitrogens with zero attached hydrogens (tertiary/aromatic N) is 6. The first-order valence-electron chi connectivity index (χ1n) is 12.7. The SMILES string of the molecule is CC(C)CNC(=O)N1C2CC1CN(c1ccc(-c3cc(OCC(C)(C)O)cn4ncc(C#N)c34)cn1)C2. The smallest absolute Gasteiger partial charge is 0.318 e. The third-order valence-electron chi connectivity index (χ3n) is 6.77. The van der Waals surface area contributed by atoms with Crippen molar-refractivity contribution in [2.75, 3.05) is 31.1 Å². The Morgan fingerprint density at radius 2 is 2.05 bits per heavy atom. The van der Waals surface area contributed by atoms with E-state index in [0.717, 1.165) is 36.5 Å². The van der Waals surface area contributed by atoms with Crippen LogP contribution in [0.4, 0.5) is 10.6 Å². The Kier molecular flexibility index (Phi) is 6.42. The summed E-state index contributed by atoms with van der Waals surface area (Å²) in [6.07, 6.45) is 6.06. The molecule has 0 spiro atoms. The van der Waals surface area contributed by atoms with Crippen molar-refractivity contribution in [1.82, 2.24) is 24.8 Å². The van der Waals surface area contributed by atoms with Crippen molar-refractivity contribution >= 4 is 17.4 Å². The van der Waals surface area contributed by atoms with Gasteiger partial charge in [0.25, 0.3) is 0 Å². The molecule has 3 aromatic heterocycles. The van der Waals surface area contributed by atoms with Gasteiger partial charge in [-0.05, 0) is 44.4 Å². The number of anilines is 1. The number of aromatic nitrogens is 3. The minimum atomic E-state index is -0.986. The Labute approximate surface area is 216 Å². The van der Waals surface area contributed by atoms with E-state index in [0.29, 0.717) is 29.3 Å². The van der Waals surface area contributed by atoms with Gasteiger partial charge in [-0.1, -0.05) is 13.8 Å². The van der Waals surface area contributed by atoms with E-state index < -0.39 is 5.60 Å². The van der Waals surface area contributed by atoms with Crippen molar-refractivity contribution in [2.24, 2.45) is 5.92 Å². The largest absolute Gasteiger partial charge is 0.489 e. The molecular formula is C27H33N7O3. The lowest BCUT2D eigenvalue weighted by atomic mass is 9.88. The van der Waals surface area contributed by atoms with Crippen LogP contribution in [-0.2, 0) is 0 Å². The number of urea groups is 1. The molecule has 37 heavy (non-hydrogen) atoms. The average Bonchev–Trinajstić information content (AvgIpc) is 3.28. The third-order valence-corrected chi connectivity index (χ3v) is 6.77. The normalized spacial score (nSPS) is 19.1. The molecule has 0 aromatic carbocycles. The van der Waals surface area contributed by atoms with E-state index in [1.807, 2.05) is 23.1 Å². The van der Waals surface area contributed by atoms with Crippen LogP contribution in [0, 0.1) is 17.2 Å². The predicted octanol–water partition coefficient (Wildman–Crippen LogP) is 3.05. The summed E-state index contributed by atoms with van der Waals surface area (Å²) in [5, 5.41) is 27.0. The first kappa shape index (κ1) is 24.8. The lowest BCUT2D eigenvalue weighted by Gasteiger charge is -2.56. The van der Waals surface area contributed by atoms with Gasteiger partial charge in [0.2, 0.25) is 0 Å². The van der Waals surface area contributed by atoms with E-state index >= 15 is 0 Å². The summed E-state index contributed by atoms with van der Waals surface area (Å²) in [4.78, 5) is 21.5. The molecule has 10 heteroatoms. The topological polar surface area (TPSA) is 119 Å². The zero-order valence-corrected chi connectivity index (χ0v) is 21.7. The van der Waals surface area contributed by atoms with Crippen LogP contribution in [0.15, 0.2) is 36.8 Å². The van der Waals surface area contributed by atoms with Gasteiger partial charge in [0.05, 0.1) is 41.2 Å². The van der Waals surface area contributed by atoms with Crippen LogP contribution < -0.4 is 15.0 Å². The van der Waals surface area contributed by atoms with Crippen LogP contribution in [-0.4, -0.2) is 74.6 Å². The van der Waals surface area contributed by atoms with Crippen LogP contribution >= 0.6 is 0 Å². The molecule has 2 unspecified atom stereocenters. The Bertz CT molecular complexity index is 1330. The summed E-state index contributed by atoms with van der Waals surface area (Å²) in [7, 11) is 0. The lowest BCUT2D eigenvalue weighted by Crippen LogP contribution is -2.71. The molecule has 6 heterocycles. The number of nitriles is 1. The van der Waals surface area contributed by atoms with Crippen molar-refractivity contribution in [3.8, 4) is 22.9 Å². The lowest BCUT2D eigenvalue weighted by molar-refractivity contribution is 0.0283. The molecule has 2 N–H and O–H groups in total. The molecule has 3 aliphatic heterocycles. The van der Waals surface area contributed by atoms with Gasteiger partial charge in [-0.3, -0.25) is 0 Å². The Balaban J connectivity index is 1.35. The molecule has 0 aliphatic carbocycles. The van der Waals surface area contributed by atoms with Crippen LogP contribution in [0.3, 0.4) is 0 Å². The first-order chi connectivity index (χ1) is 17.6. The Hall–Kier alpha value is -3.84. The maximum Gasteiger partial charge on any atom is 0.318 e. The molecule has 3 aromatic rings. The molecule has 2 amide bonds. The van der Waals surface area contributed by atoms with Crippen LogP contribution in [0.5, 0.6) is 5.75 Å². The Morgan fingerprint density at radius 1 is 1.30 bits per heavy atom. The standard InChI is InChI=1S/C27H33N7O3/c1-17(2)10-30-26(35)34-20-7-21(34)14-32(13-20)24-6-5-18(11-29-24)23-8-22(37-16-27(3,4)36)15-33-25(23)19(9-28)12-31-33/h5-6,8,11-12,15,17,20-21,36H,7,10,13-14,16H2,1-4H3,(H,30,35). The number of hydrogen-bond donors (Lipinski definition) is 2. The fourth-order valence-corrected chi connectivity index (χ4v) is 4.98. The molecular weight excluding hydrogens is 470 g/mol. The molecule has 3 aliphatic rings. The molecule has 0 radical (unpaired) electrons. The quantitative estimate of drug-likeness (QED) is 0.509. The number of carbonyl (C=O) groups excluding carboxylic acids is 1. The summed E-state index contributed by atoms with van der Waals surface area (Å²) in [6.45, 7) is 9.85. The summed E-state index contributed by atoms with van der Waals surface area (Å²) in [5.41, 5.74) is 1.75. The highest BCUT2D eigenvalue weighted by Gasteiger charge is 2.47. The predicted molar refractivity (Wildman–Crippen MR) is 139 cm³/mol. The number of ether oxygens (including phenoxy) is 1. The number of rotatable bonds is 7. The van der Waals surface area contributed by atoms with Gasteiger partial charge in [0.15, 0.2) is 0 Å². The van der Waals surface area contributed by atoms with E-state index in [1.54, 1.807) is 30.8 Å². The van der Waals surface area contributed by atoms with Gasteiger partial charge < -0.3 is 25.0 Å². The molecule has 194 valence electrons. The van der Waals surface area contributed by atoms with Crippen molar-refractivity contribution in [2.45, 2.75) is 51.8 Å². The van der Waals surface area contributed by atoms with E-state index in [2.05, 4.69) is 35.2 Å². The van der Waals surface area contributed by atoms with E-state index in [9.17, 15) is 15.2 Å². The van der Waals surface area contributed by atoms with Crippen molar-refractivity contribution < 1.29 is 14.6 Å². The van der Waals surface area contributed by atoms with Crippen molar-refractivity contribution in [3.05, 3.63) is 42.4 Å². The van der Waals surface area contributed by atoms with E-state index in [4.69, 9.17) is 9.72 Å². The number of piperidine rings is 1. The van der Waals surface area contributed by atoms with Gasteiger partial charge in [-0.25, -0.2) is 14.3 Å². The number of pyridine rings is 2. The molecule has 10 nitrogen and oxygen atoms in total. The fraction of sp³-hybridized carbons (Fsp3) is 0.481. The third kappa shape index (κ3) is 5.04. The number of fused-ring (bicyclic) bond motifs is 3. The molecule has 2 atom stereocenters. The zero-order valence-electron chi connectivity index (χ0n) is 21.7. The van der Waals surface area contributed by atoms with E-state index in [-0.39, 0.29) is 24.7 Å². The molecule has 6 rings (SSSR count). The number of aliphatic hydroxyl groups is 1. The summed E-state index contributed by atoms with van der Waals surface area (Å²) >= 11 is 0. The summed E-state index contributed by atoms with van der Waals surface area (Å²) < 4.78 is 7.44. The second-order valence-electron chi connectivity index (χ2n) is 11.0. The van der Waals surface area contributed by atoms with Gasteiger partial charge in [0.1, 0.15) is 24.2 Å². The van der Waals surface area contributed by atoms with E-state index in [1.165, 1.54) is 6.20 Å². The highest BCUT2D eigenvalue weighted by atomic mass is 16.5. The number of piperazine rings is 1. The first-order valence-corrected chi connectivity index (χ1v) is 12.7. The highest BCUT2D eigenvalue weighted by molar-refractivity contribution is 5.85. The molecule has 0 saturated carbocycles. The van der Waals surface area contributed by atoms with Crippen LogP contribution in [0.2, 0.25) is 0 Å². The van der Waals surface area contributed by atoms with Crippen LogP contribution in [0.1, 0.15) is 39.7 Å². The number of hydrogen-bond acceptors (Lipinski definition) is 7. The number of amides is 2. The van der Waals surface area contributed by atoms with Gasteiger partial charge >= 0.3 is 6.03 Å². The molecule has 3 saturated heterocycles. The maximum atomic E-state index is 12.6. The molecule has 2 bridgehead atoms. The minimum absolute atomic E-state index is 0.0303. The second-order valence-corrected chi connectivity index (χ2v) is 11.0. The van der Waals surface area contributed by atoms with Crippen molar-refractivity contribution in [1.29, 1.82) is 5.26 Å². The van der Waals surface area contributed by atoms with Crippen molar-refractivity contribution in [3.63, 3.8) is 0 Å². The van der Waals surface area contributed by atoms with Crippen LogP contribution in [0.25, 0.3) is 16.6 Å². The number of carbonyl (C=O) groups is 1. The minimum Gasteiger partial charge on any atom is -0.489 e. The summed E-state index contributed by atoms with van der Waals surface area (Å²) in [6, 6.07) is 8.44. The monoisotopic (exact) mass is 503 g/mol.